The van der Waals surface area contributed by atoms with Gasteiger partial charge in [-0.2, -0.15) is 0 Å². The van der Waals surface area contributed by atoms with Gasteiger partial charge in [-0.3, -0.25) is 0 Å². The quantitative estimate of drug-likeness (QED) is 0.807. The lowest BCUT2D eigenvalue weighted by atomic mass is 10.1. The Labute approximate surface area is 113 Å². The first kappa shape index (κ1) is 13.7. The largest absolute Gasteiger partial charge is 0.492 e. The van der Waals surface area contributed by atoms with Crippen molar-refractivity contribution in [3.8, 4) is 5.75 Å². The van der Waals surface area contributed by atoms with Gasteiger partial charge in [-0.15, -0.1) is 0 Å². The van der Waals surface area contributed by atoms with E-state index in [9.17, 15) is 0 Å². The van der Waals surface area contributed by atoms with Crippen molar-refractivity contribution in [1.29, 1.82) is 0 Å². The Morgan fingerprint density at radius 1 is 1.44 bits per heavy atom. The van der Waals surface area contributed by atoms with Crippen molar-refractivity contribution in [2.45, 2.75) is 38.3 Å². The van der Waals surface area contributed by atoms with Crippen LogP contribution in [-0.4, -0.2) is 19.3 Å². The van der Waals surface area contributed by atoms with Gasteiger partial charge in [0.25, 0.3) is 0 Å². The van der Waals surface area contributed by atoms with Crippen molar-refractivity contribution >= 4 is 11.6 Å². The van der Waals surface area contributed by atoms with Crippen LogP contribution in [0, 0.1) is 0 Å². The zero-order valence-electron chi connectivity index (χ0n) is 10.5. The molecule has 100 valence electrons. The highest BCUT2D eigenvalue weighted by Gasteiger charge is 2.14. The molecule has 4 heteroatoms. The number of hydrogen-bond acceptors (Lipinski definition) is 3. The highest BCUT2D eigenvalue weighted by molar-refractivity contribution is 6.32. The van der Waals surface area contributed by atoms with E-state index in [0.717, 1.165) is 30.8 Å². The van der Waals surface area contributed by atoms with E-state index in [1.165, 1.54) is 12.8 Å². The number of ether oxygens (including phenoxy) is 2. The monoisotopic (exact) mass is 269 g/mol. The maximum absolute atomic E-state index is 6.11. The molecule has 0 radical (unpaired) electrons. The minimum Gasteiger partial charge on any atom is -0.492 e. The van der Waals surface area contributed by atoms with E-state index in [-0.39, 0.29) is 0 Å². The van der Waals surface area contributed by atoms with Gasteiger partial charge in [0.05, 0.1) is 17.7 Å². The minimum absolute atomic E-state index is 0.434. The van der Waals surface area contributed by atoms with Gasteiger partial charge in [0, 0.05) is 13.2 Å². The van der Waals surface area contributed by atoms with Crippen molar-refractivity contribution in [3.63, 3.8) is 0 Å². The van der Waals surface area contributed by atoms with Crippen LogP contribution in [0.1, 0.15) is 31.2 Å². The van der Waals surface area contributed by atoms with E-state index in [1.54, 1.807) is 0 Å². The van der Waals surface area contributed by atoms with Crippen molar-refractivity contribution < 1.29 is 9.47 Å². The molecule has 18 heavy (non-hydrogen) atoms. The number of halogens is 1. The summed E-state index contributed by atoms with van der Waals surface area (Å²) in [5.41, 5.74) is 6.57. The summed E-state index contributed by atoms with van der Waals surface area (Å²) in [6.45, 7) is 2.10. The van der Waals surface area contributed by atoms with E-state index < -0.39 is 0 Å². The van der Waals surface area contributed by atoms with Crippen molar-refractivity contribution in [3.05, 3.63) is 28.8 Å². The fourth-order valence-electron chi connectivity index (χ4n) is 2.15. The Morgan fingerprint density at radius 2 is 2.33 bits per heavy atom. The van der Waals surface area contributed by atoms with Gasteiger partial charge < -0.3 is 15.2 Å². The van der Waals surface area contributed by atoms with Crippen molar-refractivity contribution in [2.75, 3.05) is 13.2 Å². The van der Waals surface area contributed by atoms with Gasteiger partial charge in [-0.25, -0.2) is 0 Å². The molecule has 0 spiro atoms. The fraction of sp³-hybridized carbons (Fsp3) is 0.571. The van der Waals surface area contributed by atoms with Crippen LogP contribution in [0.3, 0.4) is 0 Å². The molecule has 0 bridgehead atoms. The minimum atomic E-state index is 0.434. The number of hydrogen-bond donors (Lipinski definition) is 1. The summed E-state index contributed by atoms with van der Waals surface area (Å²) < 4.78 is 11.2. The maximum atomic E-state index is 6.11. The Hall–Kier alpha value is -0.770. The van der Waals surface area contributed by atoms with Crippen LogP contribution in [0.4, 0.5) is 0 Å². The van der Waals surface area contributed by atoms with E-state index >= 15 is 0 Å². The molecule has 1 heterocycles. The Kier molecular flexibility index (Phi) is 5.29. The number of nitrogens with two attached hydrogens (primary N) is 1. The Balaban J connectivity index is 1.72. The highest BCUT2D eigenvalue weighted by atomic mass is 35.5. The molecule has 1 aliphatic rings. The summed E-state index contributed by atoms with van der Waals surface area (Å²) in [4.78, 5) is 0. The molecule has 0 aliphatic carbocycles. The lowest BCUT2D eigenvalue weighted by molar-refractivity contribution is 0.0981. The molecular weight excluding hydrogens is 250 g/mol. The second kappa shape index (κ2) is 6.98. The van der Waals surface area contributed by atoms with Crippen LogP contribution < -0.4 is 10.5 Å². The molecule has 1 unspecified atom stereocenters. The van der Waals surface area contributed by atoms with Crippen molar-refractivity contribution in [1.82, 2.24) is 0 Å². The first-order chi connectivity index (χ1) is 8.79. The van der Waals surface area contributed by atoms with E-state index in [0.29, 0.717) is 24.3 Å². The third-order valence-corrected chi connectivity index (χ3v) is 3.48. The maximum Gasteiger partial charge on any atom is 0.137 e. The highest BCUT2D eigenvalue weighted by Crippen LogP contribution is 2.25. The van der Waals surface area contributed by atoms with Gasteiger partial charge in [0.15, 0.2) is 0 Å². The second-order valence-corrected chi connectivity index (χ2v) is 5.00. The van der Waals surface area contributed by atoms with E-state index in [4.69, 9.17) is 26.8 Å². The average Bonchev–Trinajstić information content (AvgIpc) is 2.89. The molecule has 1 fully saturated rings. The van der Waals surface area contributed by atoms with Gasteiger partial charge in [-0.1, -0.05) is 17.7 Å². The predicted octanol–water partition coefficient (Wildman–Crippen LogP) is 3.14. The summed E-state index contributed by atoms with van der Waals surface area (Å²) in [6.07, 6.45) is 4.88. The van der Waals surface area contributed by atoms with Crippen LogP contribution >= 0.6 is 11.6 Å². The van der Waals surface area contributed by atoms with Crippen LogP contribution in [0.15, 0.2) is 18.2 Å². The smallest absolute Gasteiger partial charge is 0.137 e. The van der Waals surface area contributed by atoms with Gasteiger partial charge >= 0.3 is 0 Å². The third kappa shape index (κ3) is 3.87. The molecule has 0 saturated carbocycles. The molecular formula is C14H20ClNO2. The van der Waals surface area contributed by atoms with E-state index in [1.807, 2.05) is 18.2 Å². The summed E-state index contributed by atoms with van der Waals surface area (Å²) in [7, 11) is 0. The molecule has 2 rings (SSSR count). The van der Waals surface area contributed by atoms with Gasteiger partial charge in [-0.05, 0) is 43.4 Å². The normalized spacial score (nSPS) is 19.1. The lowest BCUT2D eigenvalue weighted by Gasteiger charge is -2.11. The molecule has 1 aliphatic heterocycles. The molecule has 0 aromatic heterocycles. The first-order valence-corrected chi connectivity index (χ1v) is 6.90. The summed E-state index contributed by atoms with van der Waals surface area (Å²) in [6, 6.07) is 5.69. The lowest BCUT2D eigenvalue weighted by Crippen LogP contribution is -2.07. The molecule has 3 nitrogen and oxygen atoms in total. The molecule has 0 amide bonds. The standard InChI is InChI=1S/C14H20ClNO2/c15-13-9-11(10-16)5-6-14(13)18-8-2-4-12-3-1-7-17-12/h5-6,9,12H,1-4,7-8,10,16H2. The molecule has 1 aromatic carbocycles. The number of benzene rings is 1. The van der Waals surface area contributed by atoms with Crippen LogP contribution in [-0.2, 0) is 11.3 Å². The molecule has 1 saturated heterocycles. The summed E-state index contributed by atoms with van der Waals surface area (Å²) in [5.74, 6) is 0.737. The predicted molar refractivity (Wildman–Crippen MR) is 73.0 cm³/mol. The topological polar surface area (TPSA) is 44.5 Å². The van der Waals surface area contributed by atoms with Crippen LogP contribution in [0.25, 0.3) is 0 Å². The Bertz CT molecular complexity index is 378. The van der Waals surface area contributed by atoms with Crippen LogP contribution in [0.2, 0.25) is 5.02 Å². The van der Waals surface area contributed by atoms with Crippen molar-refractivity contribution in [2.24, 2.45) is 5.73 Å². The summed E-state index contributed by atoms with van der Waals surface area (Å²) in [5, 5.41) is 0.634. The zero-order valence-corrected chi connectivity index (χ0v) is 11.3. The summed E-state index contributed by atoms with van der Waals surface area (Å²) >= 11 is 6.11. The second-order valence-electron chi connectivity index (χ2n) is 4.59. The molecule has 1 aromatic rings. The van der Waals surface area contributed by atoms with Gasteiger partial charge in [0.2, 0.25) is 0 Å². The first-order valence-electron chi connectivity index (χ1n) is 6.52. The van der Waals surface area contributed by atoms with Gasteiger partial charge in [0.1, 0.15) is 5.75 Å². The van der Waals surface area contributed by atoms with Crippen LogP contribution in [0.5, 0.6) is 5.75 Å². The Morgan fingerprint density at radius 3 is 3.00 bits per heavy atom. The molecule has 1 atom stereocenters. The fourth-order valence-corrected chi connectivity index (χ4v) is 2.41. The van der Waals surface area contributed by atoms with E-state index in [2.05, 4.69) is 0 Å². The SMILES string of the molecule is NCc1ccc(OCCCC2CCCO2)c(Cl)c1. The molecule has 2 N–H and O–H groups in total. The third-order valence-electron chi connectivity index (χ3n) is 3.18. The zero-order chi connectivity index (χ0) is 12.8. The average molecular weight is 270 g/mol. The number of rotatable bonds is 6.